The number of rotatable bonds is 4. The molecule has 0 radical (unpaired) electrons. The molecule has 1 aromatic rings. The van der Waals surface area contributed by atoms with E-state index in [1.807, 2.05) is 0 Å². The molecule has 25 heavy (non-hydrogen) atoms. The molecule has 1 aliphatic carbocycles. The number of nitrogens with zero attached hydrogens (tertiary/aromatic N) is 2. The summed E-state index contributed by atoms with van der Waals surface area (Å²) in [5.41, 5.74) is 6.97. The predicted octanol–water partition coefficient (Wildman–Crippen LogP) is 1.57. The average molecular weight is 346 g/mol. The monoisotopic (exact) mass is 346 g/mol. The number of nitrogen functional groups attached to an aromatic ring is 1. The Morgan fingerprint density at radius 3 is 2.48 bits per heavy atom. The molecule has 0 atom stereocenters. The Hall–Kier alpha value is -1.79. The number of ether oxygens (including phenoxy) is 1. The lowest BCUT2D eigenvalue weighted by molar-refractivity contribution is 0.0790. The minimum absolute atomic E-state index is 0.0404. The lowest BCUT2D eigenvalue weighted by Gasteiger charge is -2.41. The van der Waals surface area contributed by atoms with Crippen LogP contribution >= 0.6 is 0 Å². The van der Waals surface area contributed by atoms with E-state index in [0.717, 1.165) is 25.9 Å². The molecular weight excluding hydrogens is 316 g/mol. The van der Waals surface area contributed by atoms with Gasteiger partial charge in [-0.2, -0.15) is 0 Å². The van der Waals surface area contributed by atoms with E-state index in [9.17, 15) is 4.79 Å². The van der Waals surface area contributed by atoms with Gasteiger partial charge in [0.1, 0.15) is 5.75 Å². The van der Waals surface area contributed by atoms with Crippen LogP contribution in [-0.4, -0.2) is 68.1 Å². The van der Waals surface area contributed by atoms with Gasteiger partial charge in [0, 0.05) is 43.8 Å². The van der Waals surface area contributed by atoms with Crippen LogP contribution in [0.15, 0.2) is 18.2 Å². The van der Waals surface area contributed by atoms with E-state index in [2.05, 4.69) is 22.2 Å². The van der Waals surface area contributed by atoms with Crippen molar-refractivity contribution in [3.63, 3.8) is 0 Å². The fourth-order valence-corrected chi connectivity index (χ4v) is 3.89. The minimum Gasteiger partial charge on any atom is -0.495 e. The van der Waals surface area contributed by atoms with Crippen molar-refractivity contribution in [2.75, 3.05) is 46.1 Å². The summed E-state index contributed by atoms with van der Waals surface area (Å²) in [4.78, 5) is 17.5. The van der Waals surface area contributed by atoms with Gasteiger partial charge < -0.3 is 20.7 Å². The van der Waals surface area contributed by atoms with Crippen LogP contribution in [0.5, 0.6) is 5.75 Å². The summed E-state index contributed by atoms with van der Waals surface area (Å²) in [7, 11) is 3.75. The quantitative estimate of drug-likeness (QED) is 0.810. The molecule has 3 rings (SSSR count). The number of benzene rings is 1. The SMILES string of the molecule is COc1cc(C(=O)NC2CCC(N3CCN(C)CC3)CC2)ccc1N. The number of hydrogen-bond donors (Lipinski definition) is 2. The minimum atomic E-state index is -0.0404. The Bertz CT molecular complexity index is 591. The van der Waals surface area contributed by atoms with Crippen LogP contribution in [0.1, 0.15) is 36.0 Å². The average Bonchev–Trinajstić information content (AvgIpc) is 2.63. The van der Waals surface area contributed by atoms with Crippen LogP contribution in [-0.2, 0) is 0 Å². The summed E-state index contributed by atoms with van der Waals surface area (Å²) < 4.78 is 5.20. The molecule has 6 nitrogen and oxygen atoms in total. The lowest BCUT2D eigenvalue weighted by Crippen LogP contribution is -2.51. The standard InChI is InChI=1S/C19H30N4O2/c1-22-9-11-23(12-10-22)16-6-4-15(5-7-16)21-19(24)14-3-8-17(20)18(13-14)25-2/h3,8,13,15-16H,4-7,9-12,20H2,1-2H3,(H,21,24). The zero-order valence-corrected chi connectivity index (χ0v) is 15.3. The van der Waals surface area contributed by atoms with Gasteiger partial charge >= 0.3 is 0 Å². The topological polar surface area (TPSA) is 70.8 Å². The van der Waals surface area contributed by atoms with Gasteiger partial charge in [0.25, 0.3) is 5.91 Å². The van der Waals surface area contributed by atoms with Crippen molar-refractivity contribution < 1.29 is 9.53 Å². The molecule has 1 saturated carbocycles. The largest absolute Gasteiger partial charge is 0.495 e. The van der Waals surface area contributed by atoms with Crippen molar-refractivity contribution in [1.82, 2.24) is 15.1 Å². The first-order valence-electron chi connectivity index (χ1n) is 9.24. The van der Waals surface area contributed by atoms with Crippen molar-refractivity contribution in [1.29, 1.82) is 0 Å². The molecule has 3 N–H and O–H groups in total. The van der Waals surface area contributed by atoms with Crippen LogP contribution in [0.4, 0.5) is 5.69 Å². The van der Waals surface area contributed by atoms with Crippen LogP contribution < -0.4 is 15.8 Å². The van der Waals surface area contributed by atoms with E-state index in [-0.39, 0.29) is 11.9 Å². The number of carbonyl (C=O) groups is 1. The maximum absolute atomic E-state index is 12.5. The summed E-state index contributed by atoms with van der Waals surface area (Å²) in [5, 5.41) is 3.17. The summed E-state index contributed by atoms with van der Waals surface area (Å²) in [5.74, 6) is 0.507. The molecule has 0 aromatic heterocycles. The number of methoxy groups -OCH3 is 1. The molecule has 1 saturated heterocycles. The van der Waals surface area contributed by atoms with Gasteiger partial charge in [-0.3, -0.25) is 9.69 Å². The summed E-state index contributed by atoms with van der Waals surface area (Å²) in [6.45, 7) is 4.66. The molecule has 0 unspecified atom stereocenters. The van der Waals surface area contributed by atoms with E-state index in [0.29, 0.717) is 23.0 Å². The molecular formula is C19H30N4O2. The third-order valence-corrected chi connectivity index (χ3v) is 5.58. The molecule has 1 amide bonds. The normalized spacial score (nSPS) is 25.5. The predicted molar refractivity (Wildman–Crippen MR) is 100.0 cm³/mol. The van der Waals surface area contributed by atoms with Gasteiger partial charge in [-0.15, -0.1) is 0 Å². The van der Waals surface area contributed by atoms with Crippen molar-refractivity contribution in [3.8, 4) is 5.75 Å². The van der Waals surface area contributed by atoms with Gasteiger partial charge in [-0.05, 0) is 50.9 Å². The Labute approximate surface area is 150 Å². The van der Waals surface area contributed by atoms with Crippen molar-refractivity contribution in [2.45, 2.75) is 37.8 Å². The van der Waals surface area contributed by atoms with E-state index in [4.69, 9.17) is 10.5 Å². The first-order chi connectivity index (χ1) is 12.1. The van der Waals surface area contributed by atoms with Gasteiger partial charge in [-0.1, -0.05) is 0 Å². The van der Waals surface area contributed by atoms with E-state index in [1.54, 1.807) is 25.3 Å². The number of likely N-dealkylation sites (N-methyl/N-ethyl adjacent to an activating group) is 1. The molecule has 0 spiro atoms. The maximum atomic E-state index is 12.5. The number of hydrogen-bond acceptors (Lipinski definition) is 5. The van der Waals surface area contributed by atoms with E-state index in [1.165, 1.54) is 25.9 Å². The van der Waals surface area contributed by atoms with Crippen molar-refractivity contribution in [3.05, 3.63) is 23.8 Å². The smallest absolute Gasteiger partial charge is 0.251 e. The number of nitrogens with two attached hydrogens (primary N) is 1. The second kappa shape index (κ2) is 8.06. The van der Waals surface area contributed by atoms with Gasteiger partial charge in [-0.25, -0.2) is 0 Å². The Kier molecular flexibility index (Phi) is 5.81. The lowest BCUT2D eigenvalue weighted by atomic mass is 9.89. The highest BCUT2D eigenvalue weighted by molar-refractivity contribution is 5.95. The van der Waals surface area contributed by atoms with Crippen LogP contribution in [0.25, 0.3) is 0 Å². The summed E-state index contributed by atoms with van der Waals surface area (Å²) in [6, 6.07) is 6.12. The van der Waals surface area contributed by atoms with E-state index < -0.39 is 0 Å². The van der Waals surface area contributed by atoms with Crippen LogP contribution in [0, 0.1) is 0 Å². The number of anilines is 1. The maximum Gasteiger partial charge on any atom is 0.251 e. The molecule has 2 aliphatic rings. The van der Waals surface area contributed by atoms with Crippen LogP contribution in [0.2, 0.25) is 0 Å². The second-order valence-corrected chi connectivity index (χ2v) is 7.27. The molecule has 1 heterocycles. The molecule has 0 bridgehead atoms. The van der Waals surface area contributed by atoms with Gasteiger partial charge in [0.15, 0.2) is 0 Å². The summed E-state index contributed by atoms with van der Waals surface area (Å²) in [6.07, 6.45) is 4.43. The van der Waals surface area contributed by atoms with Crippen molar-refractivity contribution >= 4 is 11.6 Å². The number of carbonyl (C=O) groups excluding carboxylic acids is 1. The fraction of sp³-hybridized carbons (Fsp3) is 0.632. The highest BCUT2D eigenvalue weighted by atomic mass is 16.5. The highest BCUT2D eigenvalue weighted by Gasteiger charge is 2.28. The highest BCUT2D eigenvalue weighted by Crippen LogP contribution is 2.25. The number of piperazine rings is 1. The second-order valence-electron chi connectivity index (χ2n) is 7.27. The third-order valence-electron chi connectivity index (χ3n) is 5.58. The number of nitrogens with one attached hydrogen (secondary N) is 1. The molecule has 6 heteroatoms. The van der Waals surface area contributed by atoms with Gasteiger partial charge in [0.2, 0.25) is 0 Å². The zero-order chi connectivity index (χ0) is 17.8. The first kappa shape index (κ1) is 18.0. The van der Waals surface area contributed by atoms with Crippen molar-refractivity contribution in [2.24, 2.45) is 0 Å². The van der Waals surface area contributed by atoms with Gasteiger partial charge in [0.05, 0.1) is 12.8 Å². The third kappa shape index (κ3) is 4.44. The molecule has 1 aliphatic heterocycles. The molecule has 1 aromatic carbocycles. The number of amides is 1. The molecule has 138 valence electrons. The fourth-order valence-electron chi connectivity index (χ4n) is 3.89. The molecule has 2 fully saturated rings. The zero-order valence-electron chi connectivity index (χ0n) is 15.3. The van der Waals surface area contributed by atoms with E-state index >= 15 is 0 Å². The Balaban J connectivity index is 1.49. The summed E-state index contributed by atoms with van der Waals surface area (Å²) >= 11 is 0. The first-order valence-corrected chi connectivity index (χ1v) is 9.24. The Morgan fingerprint density at radius 2 is 1.84 bits per heavy atom. The Morgan fingerprint density at radius 1 is 1.16 bits per heavy atom. The van der Waals surface area contributed by atoms with Crippen LogP contribution in [0.3, 0.4) is 0 Å².